The SMILES string of the molecule is COc1cccc(C(CNC(=O)NCCOc2ccccc2)N(C)C)c1. The molecule has 0 aliphatic heterocycles. The van der Waals surface area contributed by atoms with Gasteiger partial charge in [-0.3, -0.25) is 0 Å². The first-order chi connectivity index (χ1) is 12.6. The summed E-state index contributed by atoms with van der Waals surface area (Å²) in [4.78, 5) is 14.1. The van der Waals surface area contributed by atoms with Gasteiger partial charge in [0.25, 0.3) is 0 Å². The Balaban J connectivity index is 1.76. The summed E-state index contributed by atoms with van der Waals surface area (Å²) in [6.07, 6.45) is 0. The van der Waals surface area contributed by atoms with Gasteiger partial charge < -0.3 is 25.0 Å². The predicted molar refractivity (Wildman–Crippen MR) is 103 cm³/mol. The molecule has 0 fully saturated rings. The van der Waals surface area contributed by atoms with E-state index in [0.29, 0.717) is 19.7 Å². The monoisotopic (exact) mass is 357 g/mol. The van der Waals surface area contributed by atoms with Crippen molar-refractivity contribution in [3.63, 3.8) is 0 Å². The summed E-state index contributed by atoms with van der Waals surface area (Å²) < 4.78 is 10.8. The Labute approximate surface area is 155 Å². The number of rotatable bonds is 9. The molecule has 2 amide bonds. The molecule has 6 heteroatoms. The Kier molecular flexibility index (Phi) is 7.76. The molecule has 2 aromatic rings. The van der Waals surface area contributed by atoms with Crippen molar-refractivity contribution in [3.8, 4) is 11.5 Å². The lowest BCUT2D eigenvalue weighted by molar-refractivity contribution is 0.229. The molecule has 0 saturated heterocycles. The highest BCUT2D eigenvalue weighted by molar-refractivity contribution is 5.73. The number of carbonyl (C=O) groups is 1. The number of methoxy groups -OCH3 is 1. The zero-order chi connectivity index (χ0) is 18.8. The number of nitrogens with zero attached hydrogens (tertiary/aromatic N) is 1. The van der Waals surface area contributed by atoms with Gasteiger partial charge in [0.1, 0.15) is 18.1 Å². The highest BCUT2D eigenvalue weighted by Crippen LogP contribution is 2.22. The van der Waals surface area contributed by atoms with Crippen LogP contribution in [-0.2, 0) is 0 Å². The smallest absolute Gasteiger partial charge is 0.314 e. The average molecular weight is 357 g/mol. The summed E-state index contributed by atoms with van der Waals surface area (Å²) >= 11 is 0. The molecule has 0 bridgehead atoms. The van der Waals surface area contributed by atoms with Crippen molar-refractivity contribution in [2.75, 3.05) is 40.9 Å². The van der Waals surface area contributed by atoms with E-state index in [1.54, 1.807) is 7.11 Å². The van der Waals surface area contributed by atoms with E-state index in [2.05, 4.69) is 15.5 Å². The number of para-hydroxylation sites is 1. The number of amides is 2. The molecule has 0 heterocycles. The number of ether oxygens (including phenoxy) is 2. The van der Waals surface area contributed by atoms with Crippen LogP contribution in [0.3, 0.4) is 0 Å². The Hall–Kier alpha value is -2.73. The molecule has 0 aliphatic rings. The van der Waals surface area contributed by atoms with Crippen LogP contribution in [0.25, 0.3) is 0 Å². The summed E-state index contributed by atoms with van der Waals surface area (Å²) in [5.74, 6) is 1.59. The van der Waals surface area contributed by atoms with Crippen LogP contribution in [0, 0.1) is 0 Å². The minimum absolute atomic E-state index is 0.0522. The number of benzene rings is 2. The Morgan fingerprint density at radius 2 is 1.77 bits per heavy atom. The van der Waals surface area contributed by atoms with E-state index in [1.807, 2.05) is 68.7 Å². The Bertz CT molecular complexity index is 677. The molecule has 2 aromatic carbocycles. The van der Waals surface area contributed by atoms with Crippen molar-refractivity contribution >= 4 is 6.03 Å². The summed E-state index contributed by atoms with van der Waals surface area (Å²) in [6.45, 7) is 1.35. The van der Waals surface area contributed by atoms with Crippen molar-refractivity contribution in [1.82, 2.24) is 15.5 Å². The second-order valence-electron chi connectivity index (χ2n) is 6.05. The molecule has 2 rings (SSSR count). The standard InChI is InChI=1S/C20H27N3O3/c1-23(2)19(16-8-7-11-18(14-16)25-3)15-22-20(24)21-12-13-26-17-9-5-4-6-10-17/h4-11,14,19H,12-13,15H2,1-3H3,(H2,21,22,24). The average Bonchev–Trinajstić information content (AvgIpc) is 2.66. The lowest BCUT2D eigenvalue weighted by atomic mass is 10.1. The van der Waals surface area contributed by atoms with Crippen LogP contribution in [0.4, 0.5) is 4.79 Å². The maximum atomic E-state index is 12.0. The van der Waals surface area contributed by atoms with Gasteiger partial charge in [0.05, 0.1) is 19.7 Å². The first-order valence-electron chi connectivity index (χ1n) is 8.60. The molecular weight excluding hydrogens is 330 g/mol. The molecule has 26 heavy (non-hydrogen) atoms. The third-order valence-electron chi connectivity index (χ3n) is 3.96. The van der Waals surface area contributed by atoms with Crippen LogP contribution in [0.15, 0.2) is 54.6 Å². The second kappa shape index (κ2) is 10.3. The molecule has 0 aromatic heterocycles. The fourth-order valence-electron chi connectivity index (χ4n) is 2.55. The van der Waals surface area contributed by atoms with Crippen LogP contribution < -0.4 is 20.1 Å². The van der Waals surface area contributed by atoms with Crippen LogP contribution in [0.1, 0.15) is 11.6 Å². The highest BCUT2D eigenvalue weighted by atomic mass is 16.5. The van der Waals surface area contributed by atoms with E-state index in [9.17, 15) is 4.79 Å². The van der Waals surface area contributed by atoms with Crippen molar-refractivity contribution in [3.05, 3.63) is 60.2 Å². The number of urea groups is 1. The lowest BCUT2D eigenvalue weighted by Crippen LogP contribution is -2.41. The van der Waals surface area contributed by atoms with Crippen LogP contribution in [0.5, 0.6) is 11.5 Å². The van der Waals surface area contributed by atoms with Gasteiger partial charge in [0.2, 0.25) is 0 Å². The van der Waals surface area contributed by atoms with E-state index in [0.717, 1.165) is 17.1 Å². The van der Waals surface area contributed by atoms with Gasteiger partial charge >= 0.3 is 6.03 Å². The van der Waals surface area contributed by atoms with Gasteiger partial charge in [-0.25, -0.2) is 4.79 Å². The summed E-state index contributed by atoms with van der Waals surface area (Å²) in [5, 5.41) is 5.71. The van der Waals surface area contributed by atoms with Gasteiger partial charge in [0, 0.05) is 6.54 Å². The molecule has 0 spiro atoms. The summed E-state index contributed by atoms with van der Waals surface area (Å²) in [5.41, 5.74) is 1.09. The van der Waals surface area contributed by atoms with Crippen molar-refractivity contribution in [2.45, 2.75) is 6.04 Å². The zero-order valence-corrected chi connectivity index (χ0v) is 15.6. The first kappa shape index (κ1) is 19.6. The van der Waals surface area contributed by atoms with E-state index >= 15 is 0 Å². The number of nitrogens with one attached hydrogen (secondary N) is 2. The van der Waals surface area contributed by atoms with Crippen molar-refractivity contribution < 1.29 is 14.3 Å². The molecular formula is C20H27N3O3. The first-order valence-corrected chi connectivity index (χ1v) is 8.60. The molecule has 0 saturated carbocycles. The quantitative estimate of drug-likeness (QED) is 0.678. The maximum absolute atomic E-state index is 12.0. The summed E-state index contributed by atoms with van der Waals surface area (Å²) in [7, 11) is 5.61. The van der Waals surface area contributed by atoms with Gasteiger partial charge in [-0.05, 0) is 43.9 Å². The number of hydrogen-bond donors (Lipinski definition) is 2. The van der Waals surface area contributed by atoms with Crippen molar-refractivity contribution in [2.24, 2.45) is 0 Å². The fraction of sp³-hybridized carbons (Fsp3) is 0.350. The van der Waals surface area contributed by atoms with Crippen LogP contribution in [0.2, 0.25) is 0 Å². The molecule has 6 nitrogen and oxygen atoms in total. The molecule has 1 unspecified atom stereocenters. The van der Waals surface area contributed by atoms with Gasteiger partial charge in [-0.1, -0.05) is 30.3 Å². The molecule has 2 N–H and O–H groups in total. The predicted octanol–water partition coefficient (Wildman–Crippen LogP) is 2.68. The van der Waals surface area contributed by atoms with Crippen LogP contribution in [-0.4, -0.2) is 51.8 Å². The minimum atomic E-state index is -0.212. The normalized spacial score (nSPS) is 11.7. The van der Waals surface area contributed by atoms with E-state index in [4.69, 9.17) is 9.47 Å². The molecule has 0 aliphatic carbocycles. The lowest BCUT2D eigenvalue weighted by Gasteiger charge is -2.25. The molecule has 0 radical (unpaired) electrons. The Morgan fingerprint density at radius 3 is 2.46 bits per heavy atom. The van der Waals surface area contributed by atoms with Gasteiger partial charge in [-0.15, -0.1) is 0 Å². The van der Waals surface area contributed by atoms with Gasteiger partial charge in [0.15, 0.2) is 0 Å². The highest BCUT2D eigenvalue weighted by Gasteiger charge is 2.15. The fourth-order valence-corrected chi connectivity index (χ4v) is 2.55. The number of likely N-dealkylation sites (N-methyl/N-ethyl adjacent to an activating group) is 1. The second-order valence-corrected chi connectivity index (χ2v) is 6.05. The zero-order valence-electron chi connectivity index (χ0n) is 15.6. The third-order valence-corrected chi connectivity index (χ3v) is 3.96. The Morgan fingerprint density at radius 1 is 1.04 bits per heavy atom. The van der Waals surface area contributed by atoms with E-state index in [1.165, 1.54) is 0 Å². The maximum Gasteiger partial charge on any atom is 0.314 e. The number of carbonyl (C=O) groups excluding carboxylic acids is 1. The van der Waals surface area contributed by atoms with Gasteiger partial charge in [-0.2, -0.15) is 0 Å². The van der Waals surface area contributed by atoms with E-state index in [-0.39, 0.29) is 12.1 Å². The minimum Gasteiger partial charge on any atom is -0.497 e. The van der Waals surface area contributed by atoms with Crippen LogP contribution >= 0.6 is 0 Å². The van der Waals surface area contributed by atoms with E-state index < -0.39 is 0 Å². The largest absolute Gasteiger partial charge is 0.497 e. The third kappa shape index (κ3) is 6.29. The molecule has 1 atom stereocenters. The topological polar surface area (TPSA) is 62.8 Å². The van der Waals surface area contributed by atoms with Crippen molar-refractivity contribution in [1.29, 1.82) is 0 Å². The summed E-state index contributed by atoms with van der Waals surface area (Å²) in [6, 6.07) is 17.2. The molecule has 140 valence electrons. The number of hydrogen-bond acceptors (Lipinski definition) is 4.